The first-order chi connectivity index (χ1) is 29.7. The molecule has 63 heavy (non-hydrogen) atoms. The van der Waals surface area contributed by atoms with Crippen LogP contribution in [0.25, 0.3) is 32.4 Å². The number of amides is 1. The molecule has 4 aromatic heterocycles. The highest BCUT2D eigenvalue weighted by Gasteiger charge is 2.63. The average molecular weight is 919 g/mol. The van der Waals surface area contributed by atoms with E-state index >= 15 is 8.78 Å². The van der Waals surface area contributed by atoms with E-state index in [0.29, 0.717) is 61.7 Å². The lowest BCUT2D eigenvalue weighted by Crippen LogP contribution is -2.48. The number of thiazole rings is 1. The van der Waals surface area contributed by atoms with Crippen molar-refractivity contribution in [1.29, 1.82) is 0 Å². The number of carbonyl (C=O) groups excluding carboxylic acids is 1. The van der Waals surface area contributed by atoms with Crippen molar-refractivity contribution >= 4 is 59.5 Å². The number of fused-ring (bicyclic) bond motifs is 5. The number of nitrogens with one attached hydrogen (secondary N) is 2. The number of benzene rings is 2. The molecular weight excluding hydrogens is 878 g/mol. The topological polar surface area (TPSA) is 143 Å². The molecule has 2 aliphatic carbocycles. The van der Waals surface area contributed by atoms with Crippen molar-refractivity contribution < 1.29 is 43.9 Å². The number of aryl methyl sites for hydroxylation is 1. The van der Waals surface area contributed by atoms with Gasteiger partial charge in [-0.2, -0.15) is 37.1 Å². The highest BCUT2D eigenvalue weighted by molar-refractivity contribution is 7.92. The van der Waals surface area contributed by atoms with Gasteiger partial charge in [-0.05, 0) is 68.9 Å². The number of aromatic nitrogens is 6. The van der Waals surface area contributed by atoms with Gasteiger partial charge in [0, 0.05) is 73.3 Å². The van der Waals surface area contributed by atoms with Crippen LogP contribution in [0.5, 0.6) is 0 Å². The lowest BCUT2D eigenvalue weighted by Gasteiger charge is -2.36. The van der Waals surface area contributed by atoms with E-state index < -0.39 is 81.0 Å². The SMILES string of the molecule is CC(C)N1CCN(c2nc3nc([C@H](Cc4cc(F)cc(F)c4)NC(=O)Cn4nc(C(F)(F)F)c5c4C(F)(F)[C@@H]4CC[C@H]54)c(-c4cccc5c(NS(C)(=O)=O)nn(C)c45)cc3s2)CC1. The number of halogens is 7. The first-order valence-corrected chi connectivity index (χ1v) is 22.9. The Morgan fingerprint density at radius 3 is 2.33 bits per heavy atom. The summed E-state index contributed by atoms with van der Waals surface area (Å²) < 4.78 is 134. The number of hydrogen-bond donors (Lipinski definition) is 2. The normalized spacial score (nSPS) is 19.4. The molecule has 0 bridgehead atoms. The third kappa shape index (κ3) is 7.87. The Morgan fingerprint density at radius 1 is 0.984 bits per heavy atom. The zero-order chi connectivity index (χ0) is 44.9. The summed E-state index contributed by atoms with van der Waals surface area (Å²) in [5.74, 6) is -8.92. The fraction of sp³-hybridized carbons (Fsp3) is 0.439. The summed E-state index contributed by atoms with van der Waals surface area (Å²) in [6, 6.07) is 8.63. The van der Waals surface area contributed by atoms with Gasteiger partial charge in [0.25, 0.3) is 5.92 Å². The van der Waals surface area contributed by atoms with Crippen molar-refractivity contribution in [2.24, 2.45) is 13.0 Å². The molecule has 2 aromatic carbocycles. The second kappa shape index (κ2) is 15.4. The number of para-hydroxylation sites is 1. The second-order valence-electron chi connectivity index (χ2n) is 16.7. The molecule has 9 rings (SSSR count). The Balaban J connectivity index is 1.19. The molecule has 3 atom stereocenters. The van der Waals surface area contributed by atoms with Crippen molar-refractivity contribution in [1.82, 2.24) is 39.7 Å². The summed E-state index contributed by atoms with van der Waals surface area (Å²) in [6.07, 6.45) is -4.28. The maximum absolute atomic E-state index is 15.8. The van der Waals surface area contributed by atoms with Crippen molar-refractivity contribution in [3.05, 3.63) is 82.3 Å². The summed E-state index contributed by atoms with van der Waals surface area (Å²) in [7, 11) is -2.18. The van der Waals surface area contributed by atoms with E-state index in [2.05, 4.69) is 43.9 Å². The molecule has 1 saturated carbocycles. The highest BCUT2D eigenvalue weighted by Crippen LogP contribution is 2.64. The maximum Gasteiger partial charge on any atom is 0.435 e. The van der Waals surface area contributed by atoms with Crippen LogP contribution < -0.4 is 14.9 Å². The first-order valence-electron chi connectivity index (χ1n) is 20.2. The molecule has 3 aliphatic rings. The van der Waals surface area contributed by atoms with Crippen LogP contribution in [0.15, 0.2) is 42.5 Å². The number of hydrogen-bond acceptors (Lipinski definition) is 10. The standard InChI is InChI=1S/C41H41F7N10O3S2/c1-20(2)56-10-12-57(13-11-56)39-51-38-30(62-39)18-27(24-6-5-7-26-34(24)55(3)53-37(26)54-63(4,60)61)33(50-38)29(16-21-14-22(42)17-23(43)15-21)49-31(59)19-58-36-32(35(52-58)41(46,47)48)25-8-9-28(25)40(36,44)45/h5-7,14-15,17-18,20,25,28-29H,8-13,16,19H2,1-4H3,(H,49,59)(H,53,54)/t25-,28+,29-/m0/s1. The average Bonchev–Trinajstić information content (AvgIpc) is 3.88. The maximum atomic E-state index is 15.8. The molecule has 2 fully saturated rings. The predicted octanol–water partition coefficient (Wildman–Crippen LogP) is 7.34. The fourth-order valence-electron chi connectivity index (χ4n) is 9.23. The lowest BCUT2D eigenvalue weighted by molar-refractivity contribution is -0.144. The molecular formula is C41H41F7N10O3S2. The molecule has 334 valence electrons. The van der Waals surface area contributed by atoms with Crippen molar-refractivity contribution in [2.75, 3.05) is 42.1 Å². The molecule has 22 heteroatoms. The third-order valence-corrected chi connectivity index (χ3v) is 13.8. The Labute approximate surface area is 360 Å². The quantitative estimate of drug-likeness (QED) is 0.128. The molecule has 1 amide bonds. The summed E-state index contributed by atoms with van der Waals surface area (Å²) >= 11 is 1.37. The van der Waals surface area contributed by atoms with Crippen LogP contribution in [0.3, 0.4) is 0 Å². The van der Waals surface area contributed by atoms with Crippen LogP contribution in [0.2, 0.25) is 0 Å². The highest BCUT2D eigenvalue weighted by atomic mass is 32.2. The number of alkyl halides is 5. The number of carbonyl (C=O) groups is 1. The number of sulfonamides is 1. The molecule has 0 unspecified atom stereocenters. The van der Waals surface area contributed by atoms with Crippen LogP contribution in [0, 0.1) is 17.6 Å². The van der Waals surface area contributed by atoms with Crippen LogP contribution >= 0.6 is 11.3 Å². The first kappa shape index (κ1) is 42.9. The van der Waals surface area contributed by atoms with E-state index in [-0.39, 0.29) is 42.0 Å². The summed E-state index contributed by atoms with van der Waals surface area (Å²) in [5.41, 5.74) is -1.32. The van der Waals surface area contributed by atoms with Gasteiger partial charge in [0.1, 0.15) is 23.9 Å². The third-order valence-electron chi connectivity index (χ3n) is 12.2. The van der Waals surface area contributed by atoms with Gasteiger partial charge in [0.2, 0.25) is 15.9 Å². The lowest BCUT2D eigenvalue weighted by atomic mass is 9.73. The monoisotopic (exact) mass is 918 g/mol. The zero-order valence-corrected chi connectivity index (χ0v) is 35.9. The summed E-state index contributed by atoms with van der Waals surface area (Å²) in [5, 5.41) is 11.8. The predicted molar refractivity (Wildman–Crippen MR) is 222 cm³/mol. The van der Waals surface area contributed by atoms with Crippen molar-refractivity contribution in [3.63, 3.8) is 0 Å². The van der Waals surface area contributed by atoms with E-state index in [1.807, 2.05) is 0 Å². The van der Waals surface area contributed by atoms with Gasteiger partial charge in [-0.1, -0.05) is 23.5 Å². The molecule has 2 N–H and O–H groups in total. The van der Waals surface area contributed by atoms with Crippen molar-refractivity contribution in [2.45, 2.75) is 69.8 Å². The molecule has 1 aliphatic heterocycles. The van der Waals surface area contributed by atoms with Gasteiger partial charge < -0.3 is 10.2 Å². The van der Waals surface area contributed by atoms with E-state index in [1.54, 1.807) is 31.3 Å². The summed E-state index contributed by atoms with van der Waals surface area (Å²) in [4.78, 5) is 28.5. The van der Waals surface area contributed by atoms with Crippen LogP contribution in [0.1, 0.15) is 66.9 Å². The minimum atomic E-state index is -5.07. The van der Waals surface area contributed by atoms with Gasteiger partial charge in [-0.25, -0.2) is 22.2 Å². The van der Waals surface area contributed by atoms with Gasteiger partial charge in [-0.15, -0.1) is 0 Å². The van der Waals surface area contributed by atoms with Gasteiger partial charge in [-0.3, -0.25) is 23.8 Å². The zero-order valence-electron chi connectivity index (χ0n) is 34.3. The number of pyridine rings is 1. The van der Waals surface area contributed by atoms with E-state index in [4.69, 9.17) is 9.97 Å². The Bertz CT molecular complexity index is 2880. The minimum absolute atomic E-state index is 0.0146. The Morgan fingerprint density at radius 2 is 1.70 bits per heavy atom. The van der Waals surface area contributed by atoms with E-state index in [9.17, 15) is 35.2 Å². The Kier molecular flexibility index (Phi) is 10.5. The molecule has 0 radical (unpaired) electrons. The molecule has 1 saturated heterocycles. The molecule has 0 spiro atoms. The smallest absolute Gasteiger partial charge is 0.346 e. The van der Waals surface area contributed by atoms with Crippen LogP contribution in [-0.2, 0) is 46.9 Å². The number of piperazine rings is 1. The van der Waals surface area contributed by atoms with Gasteiger partial charge >= 0.3 is 6.18 Å². The largest absolute Gasteiger partial charge is 0.435 e. The van der Waals surface area contributed by atoms with Crippen molar-refractivity contribution in [3.8, 4) is 11.1 Å². The second-order valence-corrected chi connectivity index (χ2v) is 19.4. The van der Waals surface area contributed by atoms with Crippen LogP contribution in [-0.4, -0.2) is 87.2 Å². The molecule has 5 heterocycles. The number of rotatable bonds is 11. The number of anilines is 2. The number of nitrogens with zero attached hydrogens (tertiary/aromatic N) is 8. The fourth-order valence-corrected chi connectivity index (χ4v) is 10.7. The van der Waals surface area contributed by atoms with E-state index in [0.717, 1.165) is 31.5 Å². The van der Waals surface area contributed by atoms with E-state index in [1.165, 1.54) is 16.0 Å². The minimum Gasteiger partial charge on any atom is -0.346 e. The molecule has 13 nitrogen and oxygen atoms in total. The Hall–Kier alpha value is -5.35. The summed E-state index contributed by atoms with van der Waals surface area (Å²) in [6.45, 7) is 6.14. The van der Waals surface area contributed by atoms with Gasteiger partial charge in [0.15, 0.2) is 22.3 Å². The molecule has 6 aromatic rings. The van der Waals surface area contributed by atoms with Gasteiger partial charge in [0.05, 0.1) is 28.2 Å². The van der Waals surface area contributed by atoms with Crippen LogP contribution in [0.4, 0.5) is 41.7 Å².